The number of nitrogens with zero attached hydrogens (tertiary/aromatic N) is 1. The molecule has 0 aliphatic rings. The maximum atomic E-state index is 13.0. The van der Waals surface area contributed by atoms with Gasteiger partial charge in [-0.2, -0.15) is 0 Å². The van der Waals surface area contributed by atoms with Crippen molar-refractivity contribution in [3.05, 3.63) is 85.1 Å². The van der Waals surface area contributed by atoms with Crippen LogP contribution in [0.4, 0.5) is 0 Å². The fourth-order valence-electron chi connectivity index (χ4n) is 11.2. The number of ether oxygens (including phenoxy) is 4. The van der Waals surface area contributed by atoms with Gasteiger partial charge in [0.1, 0.15) is 13.2 Å². The summed E-state index contributed by atoms with van der Waals surface area (Å²) < 4.78 is 22.9. The zero-order valence-electron chi connectivity index (χ0n) is 60.5. The zero-order chi connectivity index (χ0) is 66.1. The van der Waals surface area contributed by atoms with Crippen LogP contribution in [-0.4, -0.2) is 82.3 Å². The lowest BCUT2D eigenvalue weighted by Crippen LogP contribution is -2.44. The van der Waals surface area contributed by atoms with Crippen LogP contribution in [0.3, 0.4) is 0 Å². The van der Waals surface area contributed by atoms with Gasteiger partial charge in [0.15, 0.2) is 12.4 Å². The van der Waals surface area contributed by atoms with Crippen LogP contribution in [0, 0.1) is 0 Å². The van der Waals surface area contributed by atoms with Crippen molar-refractivity contribution in [3.63, 3.8) is 0 Å². The molecule has 0 aromatic carbocycles. The highest BCUT2D eigenvalue weighted by Crippen LogP contribution is 2.19. The smallest absolute Gasteiger partial charge is 0.306 e. The van der Waals surface area contributed by atoms with Crippen LogP contribution in [0.1, 0.15) is 361 Å². The van der Waals surface area contributed by atoms with Gasteiger partial charge in [-0.1, -0.05) is 343 Å². The van der Waals surface area contributed by atoms with Gasteiger partial charge >= 0.3 is 11.9 Å². The van der Waals surface area contributed by atoms with Crippen molar-refractivity contribution < 1.29 is 42.9 Å². The van der Waals surface area contributed by atoms with Crippen LogP contribution in [0.25, 0.3) is 0 Å². The Morgan fingerprint density at radius 3 is 0.934 bits per heavy atom. The minimum absolute atomic E-state index is 0.148. The number of allylic oxidation sites excluding steroid dienone is 14. The van der Waals surface area contributed by atoms with Crippen molar-refractivity contribution in [3.8, 4) is 0 Å². The Hall–Kier alpha value is -3.53. The van der Waals surface area contributed by atoms with Crippen LogP contribution < -0.4 is 5.11 Å². The van der Waals surface area contributed by atoms with Gasteiger partial charge < -0.3 is 33.3 Å². The number of likely N-dealkylation sites (N-methyl/N-ethyl adjacent to an activating group) is 1. The number of carbonyl (C=O) groups is 3. The molecule has 0 fully saturated rings. The number of carbonyl (C=O) groups excluding carboxylic acids is 3. The highest BCUT2D eigenvalue weighted by Gasteiger charge is 2.22. The van der Waals surface area contributed by atoms with Gasteiger partial charge in [-0.15, -0.1) is 0 Å². The van der Waals surface area contributed by atoms with E-state index in [9.17, 15) is 19.5 Å². The molecule has 0 aromatic rings. The molecular weight excluding hydrogens is 1130 g/mol. The molecule has 91 heavy (non-hydrogen) atoms. The zero-order valence-corrected chi connectivity index (χ0v) is 60.5. The Morgan fingerprint density at radius 1 is 0.341 bits per heavy atom. The van der Waals surface area contributed by atoms with E-state index >= 15 is 0 Å². The summed E-state index contributed by atoms with van der Waals surface area (Å²) >= 11 is 0. The van der Waals surface area contributed by atoms with E-state index in [1.165, 1.54) is 257 Å². The van der Waals surface area contributed by atoms with Crippen molar-refractivity contribution >= 4 is 17.9 Å². The summed E-state index contributed by atoms with van der Waals surface area (Å²) in [7, 11) is 5.94. The molecule has 0 heterocycles. The third-order valence-corrected chi connectivity index (χ3v) is 17.1. The lowest BCUT2D eigenvalue weighted by Gasteiger charge is -2.26. The third kappa shape index (κ3) is 73.7. The number of carboxylic acids is 1. The summed E-state index contributed by atoms with van der Waals surface area (Å²) in [5.74, 6) is -2.26. The molecule has 0 aliphatic carbocycles. The molecule has 0 saturated heterocycles. The minimum Gasteiger partial charge on any atom is -0.545 e. The van der Waals surface area contributed by atoms with Gasteiger partial charge in [-0.05, 0) is 89.9 Å². The summed E-state index contributed by atoms with van der Waals surface area (Å²) in [6.07, 6.45) is 95.6. The van der Waals surface area contributed by atoms with Gasteiger partial charge in [-0.3, -0.25) is 9.59 Å². The van der Waals surface area contributed by atoms with E-state index in [2.05, 4.69) is 98.9 Å². The largest absolute Gasteiger partial charge is 0.545 e. The number of aliphatic carboxylic acids is 1. The molecule has 0 saturated carbocycles. The first kappa shape index (κ1) is 87.5. The fourth-order valence-corrected chi connectivity index (χ4v) is 11.2. The first-order valence-electron chi connectivity index (χ1n) is 38.7. The summed E-state index contributed by atoms with van der Waals surface area (Å²) in [6, 6.07) is 0. The predicted octanol–water partition coefficient (Wildman–Crippen LogP) is 23.3. The van der Waals surface area contributed by atoms with Crippen molar-refractivity contribution in [2.75, 3.05) is 47.5 Å². The summed E-state index contributed by atoms with van der Waals surface area (Å²) in [6.45, 7) is 4.67. The molecule has 0 N–H and O–H groups in total. The van der Waals surface area contributed by atoms with Crippen molar-refractivity contribution in [2.45, 2.75) is 373 Å². The van der Waals surface area contributed by atoms with Crippen LogP contribution in [-0.2, 0) is 33.3 Å². The van der Waals surface area contributed by atoms with Crippen LogP contribution in [0.15, 0.2) is 85.1 Å². The Balaban J connectivity index is 3.97. The quantitative estimate of drug-likeness (QED) is 0.0195. The molecule has 9 nitrogen and oxygen atoms in total. The van der Waals surface area contributed by atoms with Gasteiger partial charge in [0.2, 0.25) is 0 Å². The average molecular weight is 1280 g/mol. The Labute approximate surface area is 563 Å². The van der Waals surface area contributed by atoms with Gasteiger partial charge in [0, 0.05) is 12.8 Å². The maximum absolute atomic E-state index is 13.0. The predicted molar refractivity (Wildman–Crippen MR) is 389 cm³/mol. The monoisotopic (exact) mass is 1270 g/mol. The van der Waals surface area contributed by atoms with E-state index in [0.29, 0.717) is 23.9 Å². The number of quaternary nitrogens is 1. The van der Waals surface area contributed by atoms with Gasteiger partial charge in [0.25, 0.3) is 0 Å². The Kier molecular flexibility index (Phi) is 69.5. The number of esters is 2. The van der Waals surface area contributed by atoms with Gasteiger partial charge in [-0.25, -0.2) is 0 Å². The molecule has 528 valence electrons. The van der Waals surface area contributed by atoms with Crippen LogP contribution in [0.2, 0.25) is 0 Å². The topological polar surface area (TPSA) is 111 Å². The van der Waals surface area contributed by atoms with E-state index in [1.807, 2.05) is 21.1 Å². The second-order valence-electron chi connectivity index (χ2n) is 27.3. The fraction of sp³-hybridized carbons (Fsp3) is 0.793. The molecule has 0 radical (unpaired) electrons. The van der Waals surface area contributed by atoms with E-state index in [1.54, 1.807) is 0 Å². The second-order valence-corrected chi connectivity index (χ2v) is 27.3. The molecule has 0 aromatic heterocycles. The molecule has 0 aliphatic heterocycles. The highest BCUT2D eigenvalue weighted by atomic mass is 16.7. The van der Waals surface area contributed by atoms with E-state index < -0.39 is 24.3 Å². The average Bonchev–Trinajstić information content (AvgIpc) is 3.53. The highest BCUT2D eigenvalue weighted by molar-refractivity contribution is 5.70. The Morgan fingerprint density at radius 2 is 0.626 bits per heavy atom. The SMILES string of the molecule is CC/C=C\C/C=C\C/C=C\C/C=C\C/C=C\CCCCCCCCCCCCCCCCCCCCCCCCCCCC(=O)OC(COC(=O)CCCCCCCCCCCCCCC/C=C\C/C=C\CCCCCCC)COC(OCC[N+](C)(C)C)C(=O)[O-]. The number of unbranched alkanes of at least 4 members (excludes halogenated alkanes) is 43. The molecular formula is C82H147NO8. The maximum Gasteiger partial charge on any atom is 0.306 e. The van der Waals surface area contributed by atoms with E-state index in [4.69, 9.17) is 18.9 Å². The van der Waals surface area contributed by atoms with Crippen molar-refractivity contribution in [2.24, 2.45) is 0 Å². The van der Waals surface area contributed by atoms with E-state index in [-0.39, 0.29) is 32.2 Å². The first-order chi connectivity index (χ1) is 44.6. The molecule has 0 rings (SSSR count). The molecule has 9 heteroatoms. The standard InChI is InChI=1S/C82H147NO8/c1-6-8-10-12-14-16-18-20-22-24-26-28-30-32-33-34-35-36-37-38-39-40-41-42-43-44-45-46-47-49-51-53-55-57-59-61-63-65-67-69-71-73-80(85)91-78(77-90-82(81(86)87)88-75-74-83(3,4)5)76-89-79(84)72-70-68-66-64-62-60-58-56-54-52-50-48-31-29-27-25-23-21-19-17-15-13-11-9-7-2/h8,10,14,16,19-22,25-28,32-33,78,82H,6-7,9,11-13,15,17-18,23-24,29-31,34-77H2,1-5H3/b10-8-,16-14-,21-19-,22-20-,27-25-,28-26-,33-32-. The lowest BCUT2D eigenvalue weighted by atomic mass is 10.0. The summed E-state index contributed by atoms with van der Waals surface area (Å²) in [4.78, 5) is 37.6. The first-order valence-corrected chi connectivity index (χ1v) is 38.7. The minimum atomic E-state index is -1.62. The third-order valence-electron chi connectivity index (χ3n) is 17.1. The molecule has 0 spiro atoms. The molecule has 2 atom stereocenters. The lowest BCUT2D eigenvalue weighted by molar-refractivity contribution is -0.870. The van der Waals surface area contributed by atoms with Crippen molar-refractivity contribution in [1.29, 1.82) is 0 Å². The molecule has 0 amide bonds. The second kappa shape index (κ2) is 72.3. The number of hydrogen-bond acceptors (Lipinski definition) is 8. The number of carboxylic acid groups (broad SMARTS) is 1. The van der Waals surface area contributed by atoms with Gasteiger partial charge in [0.05, 0.1) is 40.3 Å². The van der Waals surface area contributed by atoms with E-state index in [0.717, 1.165) is 70.6 Å². The van der Waals surface area contributed by atoms with Crippen molar-refractivity contribution in [1.82, 2.24) is 0 Å². The summed E-state index contributed by atoms with van der Waals surface area (Å²) in [5.41, 5.74) is 0. The van der Waals surface area contributed by atoms with Crippen LogP contribution >= 0.6 is 0 Å². The number of rotatable bonds is 72. The Bertz CT molecular complexity index is 1770. The molecule has 2 unspecified atom stereocenters. The number of hydrogen-bond donors (Lipinski definition) is 0. The summed E-state index contributed by atoms with van der Waals surface area (Å²) in [5, 5.41) is 11.8. The molecule has 0 bridgehead atoms. The normalized spacial score (nSPS) is 13.1. The van der Waals surface area contributed by atoms with Crippen LogP contribution in [0.5, 0.6) is 0 Å².